The molecule has 1 aliphatic heterocycles. The Morgan fingerprint density at radius 2 is 1.96 bits per heavy atom. The van der Waals surface area contributed by atoms with E-state index in [0.29, 0.717) is 30.5 Å². The first kappa shape index (κ1) is 17.6. The van der Waals surface area contributed by atoms with Crippen LogP contribution in [0.15, 0.2) is 29.1 Å². The molecule has 1 aliphatic carbocycles. The van der Waals surface area contributed by atoms with E-state index in [1.54, 1.807) is 23.1 Å². The van der Waals surface area contributed by atoms with Crippen LogP contribution in [0.5, 0.6) is 0 Å². The summed E-state index contributed by atoms with van der Waals surface area (Å²) in [7, 11) is 3.75. The van der Waals surface area contributed by atoms with Crippen LogP contribution in [0.2, 0.25) is 0 Å². The number of hydrogen-bond donors (Lipinski definition) is 0. The van der Waals surface area contributed by atoms with Gasteiger partial charge in [-0.25, -0.2) is 4.68 Å². The van der Waals surface area contributed by atoms with Gasteiger partial charge >= 0.3 is 0 Å². The third-order valence-electron chi connectivity index (χ3n) is 5.23. The second-order valence-corrected chi connectivity index (χ2v) is 7.52. The zero-order chi connectivity index (χ0) is 19.0. The SMILES string of the molecule is CN(C)c1ccc(C(=O)N2CCCC2Cn2nc(C3CC3)ccc2=O)nn1. The lowest BCUT2D eigenvalue weighted by molar-refractivity contribution is 0.0713. The third-order valence-corrected chi connectivity index (χ3v) is 5.23. The summed E-state index contributed by atoms with van der Waals surface area (Å²) in [6.45, 7) is 1.09. The van der Waals surface area contributed by atoms with Crippen LogP contribution in [0.4, 0.5) is 5.82 Å². The number of nitrogens with zero attached hydrogens (tertiary/aromatic N) is 6. The Hall–Kier alpha value is -2.77. The zero-order valence-electron chi connectivity index (χ0n) is 15.7. The topological polar surface area (TPSA) is 84.2 Å². The fraction of sp³-hybridized carbons (Fsp3) is 0.526. The molecule has 3 heterocycles. The van der Waals surface area contributed by atoms with Crippen LogP contribution in [-0.2, 0) is 6.54 Å². The molecule has 1 atom stereocenters. The smallest absolute Gasteiger partial charge is 0.274 e. The summed E-state index contributed by atoms with van der Waals surface area (Å²) in [6, 6.07) is 6.87. The zero-order valence-corrected chi connectivity index (χ0v) is 15.7. The van der Waals surface area contributed by atoms with Crippen molar-refractivity contribution in [3.8, 4) is 0 Å². The summed E-state index contributed by atoms with van der Waals surface area (Å²) in [4.78, 5) is 28.8. The fourth-order valence-corrected chi connectivity index (χ4v) is 3.51. The monoisotopic (exact) mass is 368 g/mol. The molecule has 0 radical (unpaired) electrons. The van der Waals surface area contributed by atoms with Gasteiger partial charge in [0.25, 0.3) is 11.5 Å². The summed E-state index contributed by atoms with van der Waals surface area (Å²) in [5, 5.41) is 12.7. The van der Waals surface area contributed by atoms with Crippen LogP contribution < -0.4 is 10.5 Å². The molecule has 1 unspecified atom stereocenters. The van der Waals surface area contributed by atoms with Crippen molar-refractivity contribution in [1.29, 1.82) is 0 Å². The predicted octanol–water partition coefficient (Wildman–Crippen LogP) is 1.28. The number of anilines is 1. The number of likely N-dealkylation sites (tertiary alicyclic amines) is 1. The predicted molar refractivity (Wildman–Crippen MR) is 101 cm³/mol. The second kappa shape index (κ2) is 7.09. The van der Waals surface area contributed by atoms with Crippen LogP contribution in [0.3, 0.4) is 0 Å². The van der Waals surface area contributed by atoms with Crippen LogP contribution in [-0.4, -0.2) is 57.5 Å². The standard InChI is InChI=1S/C19H24N6O2/c1-23(2)17-9-7-16(20-21-17)19(27)24-11-3-4-14(24)12-25-18(26)10-8-15(22-25)13-5-6-13/h7-10,13-14H,3-6,11-12H2,1-2H3. The molecule has 142 valence electrons. The third kappa shape index (κ3) is 3.70. The molecule has 0 aromatic carbocycles. The van der Waals surface area contributed by atoms with Gasteiger partial charge < -0.3 is 9.80 Å². The van der Waals surface area contributed by atoms with Gasteiger partial charge in [0.15, 0.2) is 11.5 Å². The molecule has 27 heavy (non-hydrogen) atoms. The maximum atomic E-state index is 12.9. The van der Waals surface area contributed by atoms with Gasteiger partial charge in [0, 0.05) is 32.6 Å². The van der Waals surface area contributed by atoms with Crippen molar-refractivity contribution in [2.24, 2.45) is 0 Å². The van der Waals surface area contributed by atoms with Gasteiger partial charge in [-0.3, -0.25) is 9.59 Å². The van der Waals surface area contributed by atoms with E-state index in [0.717, 1.165) is 31.4 Å². The highest BCUT2D eigenvalue weighted by Crippen LogP contribution is 2.38. The average Bonchev–Trinajstić information content (AvgIpc) is 3.42. The van der Waals surface area contributed by atoms with E-state index < -0.39 is 0 Å². The molecule has 0 N–H and O–H groups in total. The Labute approximate surface area is 157 Å². The minimum Gasteiger partial charge on any atom is -0.361 e. The number of carbonyl (C=O) groups is 1. The highest BCUT2D eigenvalue weighted by molar-refractivity contribution is 5.92. The van der Waals surface area contributed by atoms with Crippen LogP contribution in [0, 0.1) is 0 Å². The van der Waals surface area contributed by atoms with Crippen LogP contribution in [0.25, 0.3) is 0 Å². The number of amides is 1. The Morgan fingerprint density at radius 3 is 2.63 bits per heavy atom. The largest absolute Gasteiger partial charge is 0.361 e. The first-order valence-electron chi connectivity index (χ1n) is 9.43. The number of rotatable bonds is 5. The highest BCUT2D eigenvalue weighted by Gasteiger charge is 2.32. The molecular formula is C19H24N6O2. The Balaban J connectivity index is 1.51. The molecule has 4 rings (SSSR count). The summed E-state index contributed by atoms with van der Waals surface area (Å²) < 4.78 is 1.52. The van der Waals surface area contributed by atoms with Crippen molar-refractivity contribution < 1.29 is 4.79 Å². The second-order valence-electron chi connectivity index (χ2n) is 7.52. The van der Waals surface area contributed by atoms with E-state index in [4.69, 9.17) is 0 Å². The van der Waals surface area contributed by atoms with Crippen molar-refractivity contribution in [1.82, 2.24) is 24.9 Å². The minimum absolute atomic E-state index is 0.0486. The summed E-state index contributed by atoms with van der Waals surface area (Å²) in [5.41, 5.74) is 1.20. The summed E-state index contributed by atoms with van der Waals surface area (Å²) in [5.74, 6) is 1.06. The van der Waals surface area contributed by atoms with Gasteiger partial charge in [-0.15, -0.1) is 10.2 Å². The molecule has 1 saturated heterocycles. The molecule has 2 aliphatic rings. The van der Waals surface area contributed by atoms with E-state index >= 15 is 0 Å². The van der Waals surface area contributed by atoms with Crippen molar-refractivity contribution in [2.75, 3.05) is 25.5 Å². The Kier molecular flexibility index (Phi) is 4.63. The van der Waals surface area contributed by atoms with Crippen LogP contribution >= 0.6 is 0 Å². The maximum Gasteiger partial charge on any atom is 0.274 e. The average molecular weight is 368 g/mol. The van der Waals surface area contributed by atoms with Gasteiger partial charge in [0.2, 0.25) is 0 Å². The van der Waals surface area contributed by atoms with Crippen molar-refractivity contribution in [3.63, 3.8) is 0 Å². The lowest BCUT2D eigenvalue weighted by Gasteiger charge is -2.24. The van der Waals surface area contributed by atoms with Gasteiger partial charge in [-0.2, -0.15) is 5.10 Å². The van der Waals surface area contributed by atoms with Gasteiger partial charge in [0.1, 0.15) is 0 Å². The molecule has 1 amide bonds. The van der Waals surface area contributed by atoms with Gasteiger partial charge in [0.05, 0.1) is 18.3 Å². The first-order chi connectivity index (χ1) is 13.0. The van der Waals surface area contributed by atoms with Gasteiger partial charge in [-0.1, -0.05) is 0 Å². The number of carbonyl (C=O) groups excluding carboxylic acids is 1. The molecule has 8 heteroatoms. The van der Waals surface area contributed by atoms with E-state index in [1.165, 1.54) is 4.68 Å². The molecule has 2 fully saturated rings. The molecular weight excluding hydrogens is 344 g/mol. The quantitative estimate of drug-likeness (QED) is 0.791. The lowest BCUT2D eigenvalue weighted by atomic mass is 10.2. The van der Waals surface area contributed by atoms with E-state index in [1.807, 2.05) is 25.1 Å². The van der Waals surface area contributed by atoms with Crippen molar-refractivity contribution in [3.05, 3.63) is 46.0 Å². The molecule has 2 aromatic heterocycles. The van der Waals surface area contributed by atoms with Crippen molar-refractivity contribution >= 4 is 11.7 Å². The van der Waals surface area contributed by atoms with E-state index in [2.05, 4.69) is 15.3 Å². The van der Waals surface area contributed by atoms with E-state index in [-0.39, 0.29) is 17.5 Å². The Bertz CT molecular complexity index is 888. The first-order valence-corrected chi connectivity index (χ1v) is 9.43. The fourth-order valence-electron chi connectivity index (χ4n) is 3.51. The molecule has 1 saturated carbocycles. The maximum absolute atomic E-state index is 12.9. The summed E-state index contributed by atoms with van der Waals surface area (Å²) >= 11 is 0. The van der Waals surface area contributed by atoms with Gasteiger partial charge in [-0.05, 0) is 43.9 Å². The van der Waals surface area contributed by atoms with E-state index in [9.17, 15) is 9.59 Å². The Morgan fingerprint density at radius 1 is 1.15 bits per heavy atom. The summed E-state index contributed by atoms with van der Waals surface area (Å²) in [6.07, 6.45) is 4.05. The highest BCUT2D eigenvalue weighted by atomic mass is 16.2. The molecule has 0 spiro atoms. The van der Waals surface area contributed by atoms with Crippen LogP contribution in [0.1, 0.15) is 47.8 Å². The molecule has 0 bridgehead atoms. The number of hydrogen-bond acceptors (Lipinski definition) is 6. The number of aromatic nitrogens is 4. The normalized spacial score (nSPS) is 19.3. The molecule has 2 aromatic rings. The lowest BCUT2D eigenvalue weighted by Crippen LogP contribution is -2.41. The molecule has 8 nitrogen and oxygen atoms in total. The van der Waals surface area contributed by atoms with Crippen molar-refractivity contribution in [2.45, 2.75) is 44.2 Å². The minimum atomic E-state index is -0.137.